The van der Waals surface area contributed by atoms with Gasteiger partial charge in [0.05, 0.1) is 11.4 Å². The van der Waals surface area contributed by atoms with E-state index in [0.717, 1.165) is 24.3 Å². The Bertz CT molecular complexity index is 838. The predicted molar refractivity (Wildman–Crippen MR) is 81.4 cm³/mol. The highest BCUT2D eigenvalue weighted by atomic mass is 32.2. The van der Waals surface area contributed by atoms with Crippen molar-refractivity contribution in [2.24, 2.45) is 0 Å². The quantitative estimate of drug-likeness (QED) is 0.876. The third-order valence-electron chi connectivity index (χ3n) is 2.96. The number of amides is 1. The average Bonchev–Trinajstić information content (AvgIpc) is 2.45. The van der Waals surface area contributed by atoms with E-state index in [2.05, 4.69) is 10.0 Å². The molecule has 0 aliphatic rings. The van der Waals surface area contributed by atoms with Crippen molar-refractivity contribution in [1.82, 2.24) is 4.72 Å². The third-order valence-corrected chi connectivity index (χ3v) is 4.52. The van der Waals surface area contributed by atoms with E-state index in [1.165, 1.54) is 25.1 Å². The van der Waals surface area contributed by atoms with Gasteiger partial charge in [-0.25, -0.2) is 21.9 Å². The molecular formula is C15H14F2N2O3S. The van der Waals surface area contributed by atoms with Gasteiger partial charge in [-0.1, -0.05) is 6.07 Å². The van der Waals surface area contributed by atoms with Gasteiger partial charge >= 0.3 is 0 Å². The number of carbonyl (C=O) groups is 1. The van der Waals surface area contributed by atoms with Gasteiger partial charge in [-0.05, 0) is 48.9 Å². The molecule has 0 saturated carbocycles. The van der Waals surface area contributed by atoms with Crippen LogP contribution in [0.25, 0.3) is 0 Å². The monoisotopic (exact) mass is 340 g/mol. The van der Waals surface area contributed by atoms with Crippen LogP contribution < -0.4 is 10.0 Å². The van der Waals surface area contributed by atoms with E-state index >= 15 is 0 Å². The van der Waals surface area contributed by atoms with Crippen LogP contribution in [0.15, 0.2) is 47.4 Å². The lowest BCUT2D eigenvalue weighted by molar-refractivity contribution is -0.115. The summed E-state index contributed by atoms with van der Waals surface area (Å²) in [4.78, 5) is 11.6. The summed E-state index contributed by atoms with van der Waals surface area (Å²) in [6.45, 7) is 0.917. The molecule has 0 aliphatic heterocycles. The Morgan fingerprint density at radius 3 is 2.43 bits per heavy atom. The molecule has 0 fully saturated rings. The van der Waals surface area contributed by atoms with Crippen LogP contribution in [0.1, 0.15) is 5.56 Å². The van der Waals surface area contributed by atoms with Gasteiger partial charge in [0.1, 0.15) is 11.6 Å². The summed E-state index contributed by atoms with van der Waals surface area (Å²) < 4.78 is 52.3. The fraction of sp³-hybridized carbons (Fsp3) is 0.133. The second kappa shape index (κ2) is 6.84. The lowest BCUT2D eigenvalue weighted by atomic mass is 10.2. The summed E-state index contributed by atoms with van der Waals surface area (Å²) in [6, 6.07) is 8.44. The van der Waals surface area contributed by atoms with Crippen LogP contribution >= 0.6 is 0 Å². The van der Waals surface area contributed by atoms with Gasteiger partial charge in [-0.15, -0.1) is 0 Å². The molecule has 2 rings (SSSR count). The van der Waals surface area contributed by atoms with Crippen molar-refractivity contribution in [2.75, 3.05) is 11.9 Å². The standard InChI is InChI=1S/C15H14F2N2O3S/c1-10-7-12(17)5-6-14(10)23(21,22)18-9-15(20)19-13-4-2-3-11(16)8-13/h2-8,18H,9H2,1H3,(H,19,20). The maximum Gasteiger partial charge on any atom is 0.241 e. The first-order valence-corrected chi connectivity index (χ1v) is 8.07. The first-order valence-electron chi connectivity index (χ1n) is 6.59. The number of benzene rings is 2. The topological polar surface area (TPSA) is 75.3 Å². The van der Waals surface area contributed by atoms with Crippen LogP contribution in [0, 0.1) is 18.6 Å². The molecule has 0 heterocycles. The van der Waals surface area contributed by atoms with Crippen molar-refractivity contribution in [3.05, 3.63) is 59.7 Å². The minimum absolute atomic E-state index is 0.113. The fourth-order valence-electron chi connectivity index (χ4n) is 1.92. The summed E-state index contributed by atoms with van der Waals surface area (Å²) in [7, 11) is -3.95. The molecule has 0 bridgehead atoms. The molecule has 0 radical (unpaired) electrons. The number of hydrogen-bond donors (Lipinski definition) is 2. The van der Waals surface area contributed by atoms with Crippen molar-refractivity contribution in [1.29, 1.82) is 0 Å². The summed E-state index contributed by atoms with van der Waals surface area (Å²) in [5.41, 5.74) is 0.440. The van der Waals surface area contributed by atoms with E-state index in [1.807, 2.05) is 0 Å². The van der Waals surface area contributed by atoms with Crippen LogP contribution in [0.2, 0.25) is 0 Å². The SMILES string of the molecule is Cc1cc(F)ccc1S(=O)(=O)NCC(=O)Nc1cccc(F)c1. The Labute approximate surface area is 132 Å². The molecule has 1 amide bonds. The first-order chi connectivity index (χ1) is 10.8. The van der Waals surface area contributed by atoms with Crippen LogP contribution in [-0.4, -0.2) is 20.9 Å². The predicted octanol–water partition coefficient (Wildman–Crippen LogP) is 2.19. The van der Waals surface area contributed by atoms with Crippen molar-refractivity contribution >= 4 is 21.6 Å². The van der Waals surface area contributed by atoms with E-state index in [-0.39, 0.29) is 16.1 Å². The van der Waals surface area contributed by atoms with Crippen LogP contribution in [0.5, 0.6) is 0 Å². The number of halogens is 2. The number of sulfonamides is 1. The molecule has 0 spiro atoms. The molecule has 2 aromatic rings. The Kier molecular flexibility index (Phi) is 5.07. The second-order valence-corrected chi connectivity index (χ2v) is 6.53. The van der Waals surface area contributed by atoms with Crippen molar-refractivity contribution in [3.63, 3.8) is 0 Å². The van der Waals surface area contributed by atoms with Gasteiger partial charge in [0, 0.05) is 5.69 Å². The van der Waals surface area contributed by atoms with Crippen molar-refractivity contribution < 1.29 is 22.0 Å². The number of carbonyl (C=O) groups excluding carboxylic acids is 1. The zero-order chi connectivity index (χ0) is 17.0. The van der Waals surface area contributed by atoms with E-state index in [1.54, 1.807) is 0 Å². The highest BCUT2D eigenvalue weighted by Crippen LogP contribution is 2.15. The fourth-order valence-corrected chi connectivity index (χ4v) is 3.13. The third kappa shape index (κ3) is 4.57. The zero-order valence-electron chi connectivity index (χ0n) is 12.1. The summed E-state index contributed by atoms with van der Waals surface area (Å²) in [5, 5.41) is 2.36. The van der Waals surface area contributed by atoms with Crippen molar-refractivity contribution in [3.8, 4) is 0 Å². The molecule has 2 N–H and O–H groups in total. The maximum atomic E-state index is 13.0. The summed E-state index contributed by atoms with van der Waals surface area (Å²) >= 11 is 0. The van der Waals surface area contributed by atoms with Gasteiger partial charge in [-0.2, -0.15) is 0 Å². The average molecular weight is 340 g/mol. The van der Waals surface area contributed by atoms with Gasteiger partial charge in [0.25, 0.3) is 0 Å². The van der Waals surface area contributed by atoms with Crippen LogP contribution in [0.3, 0.4) is 0 Å². The van der Waals surface area contributed by atoms with E-state index in [4.69, 9.17) is 0 Å². The molecule has 122 valence electrons. The lowest BCUT2D eigenvalue weighted by Crippen LogP contribution is -2.33. The maximum absolute atomic E-state index is 13.0. The summed E-state index contributed by atoms with van der Waals surface area (Å²) in [6.07, 6.45) is 0. The van der Waals surface area contributed by atoms with Crippen LogP contribution in [-0.2, 0) is 14.8 Å². The normalized spacial score (nSPS) is 11.3. The number of aryl methyl sites for hydroxylation is 1. The Hall–Kier alpha value is -2.32. The molecule has 0 unspecified atom stereocenters. The molecule has 0 aliphatic carbocycles. The molecule has 0 atom stereocenters. The molecule has 5 nitrogen and oxygen atoms in total. The highest BCUT2D eigenvalue weighted by molar-refractivity contribution is 7.89. The Morgan fingerprint density at radius 2 is 1.78 bits per heavy atom. The van der Waals surface area contributed by atoms with E-state index in [0.29, 0.717) is 0 Å². The summed E-state index contributed by atoms with van der Waals surface area (Å²) in [5.74, 6) is -1.73. The lowest BCUT2D eigenvalue weighted by Gasteiger charge is -2.10. The van der Waals surface area contributed by atoms with Gasteiger partial charge in [0.2, 0.25) is 15.9 Å². The Balaban J connectivity index is 2.03. The van der Waals surface area contributed by atoms with Crippen molar-refractivity contribution in [2.45, 2.75) is 11.8 Å². The zero-order valence-corrected chi connectivity index (χ0v) is 13.0. The molecule has 8 heteroatoms. The largest absolute Gasteiger partial charge is 0.325 e. The van der Waals surface area contributed by atoms with Crippen LogP contribution in [0.4, 0.5) is 14.5 Å². The number of anilines is 1. The number of hydrogen-bond acceptors (Lipinski definition) is 3. The van der Waals surface area contributed by atoms with Gasteiger partial charge in [0.15, 0.2) is 0 Å². The molecule has 2 aromatic carbocycles. The van der Waals surface area contributed by atoms with E-state index in [9.17, 15) is 22.0 Å². The van der Waals surface area contributed by atoms with E-state index < -0.39 is 34.1 Å². The number of nitrogens with one attached hydrogen (secondary N) is 2. The molecule has 0 saturated heterocycles. The number of rotatable bonds is 5. The molecule has 0 aromatic heterocycles. The molecular weight excluding hydrogens is 326 g/mol. The minimum Gasteiger partial charge on any atom is -0.325 e. The molecule has 23 heavy (non-hydrogen) atoms. The highest BCUT2D eigenvalue weighted by Gasteiger charge is 2.18. The smallest absolute Gasteiger partial charge is 0.241 e. The van der Waals surface area contributed by atoms with Gasteiger partial charge < -0.3 is 5.32 Å². The van der Waals surface area contributed by atoms with Gasteiger partial charge in [-0.3, -0.25) is 4.79 Å². The Morgan fingerprint density at radius 1 is 1.09 bits per heavy atom. The minimum atomic E-state index is -3.95. The second-order valence-electron chi connectivity index (χ2n) is 4.79. The first kappa shape index (κ1) is 17.0.